The van der Waals surface area contributed by atoms with Crippen LogP contribution in [0, 0.1) is 0 Å². The zero-order valence-corrected chi connectivity index (χ0v) is 16.3. The Morgan fingerprint density at radius 3 is 2.63 bits per heavy atom. The number of hydrogen-bond donors (Lipinski definition) is 3. The summed E-state index contributed by atoms with van der Waals surface area (Å²) in [4.78, 5) is 13.7. The molecule has 1 unspecified atom stereocenters. The zero-order valence-electron chi connectivity index (χ0n) is 16.3. The summed E-state index contributed by atoms with van der Waals surface area (Å²) in [5.74, 6) is -0.272. The van der Waals surface area contributed by atoms with E-state index in [1.807, 2.05) is 24.4 Å². The van der Waals surface area contributed by atoms with Crippen molar-refractivity contribution < 1.29 is 20.1 Å². The molecule has 0 bridgehead atoms. The molecule has 0 spiro atoms. The quantitative estimate of drug-likeness (QED) is 0.617. The van der Waals surface area contributed by atoms with E-state index in [4.69, 9.17) is 4.74 Å². The third-order valence-electron chi connectivity index (χ3n) is 6.03. The molecular formula is C23H23N3O4. The lowest BCUT2D eigenvalue weighted by Crippen LogP contribution is -2.36. The van der Waals surface area contributed by atoms with Gasteiger partial charge < -0.3 is 20.1 Å². The van der Waals surface area contributed by atoms with Crippen molar-refractivity contribution in [3.8, 4) is 11.3 Å². The van der Waals surface area contributed by atoms with Gasteiger partial charge in [0.1, 0.15) is 30.3 Å². The fourth-order valence-corrected chi connectivity index (χ4v) is 4.47. The van der Waals surface area contributed by atoms with Crippen LogP contribution in [0.2, 0.25) is 0 Å². The van der Waals surface area contributed by atoms with Gasteiger partial charge in [0.15, 0.2) is 0 Å². The minimum Gasteiger partial charge on any atom is -0.394 e. The van der Waals surface area contributed by atoms with E-state index >= 15 is 0 Å². The van der Waals surface area contributed by atoms with Crippen LogP contribution < -0.4 is 0 Å². The molecule has 1 aromatic heterocycles. The number of aliphatic hydroxyl groups is 3. The van der Waals surface area contributed by atoms with E-state index in [9.17, 15) is 15.3 Å². The molecule has 0 radical (unpaired) electrons. The van der Waals surface area contributed by atoms with E-state index < -0.39 is 24.4 Å². The molecule has 1 fully saturated rings. The van der Waals surface area contributed by atoms with E-state index in [1.54, 1.807) is 0 Å². The molecule has 3 N–H and O–H groups in total. The Morgan fingerprint density at radius 2 is 1.83 bits per heavy atom. The topological polar surface area (TPSA) is 108 Å². The number of fused-ring (bicyclic) bond motifs is 2. The van der Waals surface area contributed by atoms with Crippen LogP contribution in [-0.2, 0) is 4.74 Å². The number of aliphatic hydroxyl groups excluding tert-OH is 3. The highest BCUT2D eigenvalue weighted by atomic mass is 16.6. The Morgan fingerprint density at radius 1 is 1.00 bits per heavy atom. The molecule has 7 heteroatoms. The van der Waals surface area contributed by atoms with Gasteiger partial charge in [0, 0.05) is 17.7 Å². The van der Waals surface area contributed by atoms with Crippen LogP contribution >= 0.6 is 0 Å². The first-order valence-electron chi connectivity index (χ1n) is 10.2. The van der Waals surface area contributed by atoms with E-state index in [1.165, 1.54) is 6.33 Å². The van der Waals surface area contributed by atoms with Gasteiger partial charge in [-0.25, -0.2) is 9.97 Å². The molecule has 0 amide bonds. The monoisotopic (exact) mass is 405 g/mol. The Hall–Kier alpha value is -2.71. The molecule has 2 aromatic carbocycles. The molecule has 5 atom stereocenters. The zero-order chi connectivity index (χ0) is 20.7. The number of rotatable bonds is 3. The molecule has 0 saturated carbocycles. The molecule has 5 rings (SSSR count). The number of aromatic nitrogens is 2. The third-order valence-corrected chi connectivity index (χ3v) is 6.03. The lowest BCUT2D eigenvalue weighted by molar-refractivity contribution is -0.0314. The Labute approximate surface area is 173 Å². The average molecular weight is 405 g/mol. The number of benzene rings is 2. The van der Waals surface area contributed by atoms with E-state index in [-0.39, 0.29) is 12.5 Å². The lowest BCUT2D eigenvalue weighted by Gasteiger charge is -2.25. The third kappa shape index (κ3) is 3.20. The summed E-state index contributed by atoms with van der Waals surface area (Å²) < 4.78 is 5.82. The maximum absolute atomic E-state index is 10.6. The highest BCUT2D eigenvalue weighted by Gasteiger charge is 2.47. The van der Waals surface area contributed by atoms with Gasteiger partial charge in [0.2, 0.25) is 0 Å². The van der Waals surface area contributed by atoms with Crippen molar-refractivity contribution in [1.29, 1.82) is 0 Å². The molecule has 30 heavy (non-hydrogen) atoms. The van der Waals surface area contributed by atoms with Crippen LogP contribution in [0.5, 0.6) is 0 Å². The highest BCUT2D eigenvalue weighted by Crippen LogP contribution is 2.42. The maximum atomic E-state index is 10.6. The Bertz CT molecular complexity index is 1100. The van der Waals surface area contributed by atoms with Crippen molar-refractivity contribution in [3.05, 3.63) is 54.5 Å². The van der Waals surface area contributed by atoms with Crippen molar-refractivity contribution in [3.63, 3.8) is 0 Å². The molecule has 0 aliphatic carbocycles. The summed E-state index contributed by atoms with van der Waals surface area (Å²) in [5, 5.41) is 32.5. The molecule has 3 heterocycles. The predicted octanol–water partition coefficient (Wildman–Crippen LogP) is 2.36. The van der Waals surface area contributed by atoms with Gasteiger partial charge in [-0.1, -0.05) is 36.4 Å². The summed E-state index contributed by atoms with van der Waals surface area (Å²) in [6.07, 6.45) is 0.997. The van der Waals surface area contributed by atoms with Crippen LogP contribution in [0.4, 0.5) is 5.69 Å². The Kier molecular flexibility index (Phi) is 5.04. The number of aliphatic imine (C=N–C) groups is 1. The molecule has 154 valence electrons. The highest BCUT2D eigenvalue weighted by molar-refractivity contribution is 5.89. The second kappa shape index (κ2) is 7.85. The van der Waals surface area contributed by atoms with Crippen LogP contribution in [0.15, 0.2) is 53.8 Å². The van der Waals surface area contributed by atoms with Gasteiger partial charge in [-0.2, -0.15) is 0 Å². The van der Waals surface area contributed by atoms with Crippen LogP contribution in [-0.4, -0.2) is 62.5 Å². The van der Waals surface area contributed by atoms with Gasteiger partial charge >= 0.3 is 0 Å². The minimum absolute atomic E-state index is 0.272. The SMILES string of the molecule is OC[C@H]1OC([C@H]2CCC=Nc3c(-c4ccc5ccccc5c4)ncnc32)[C@H](O)[C@@H]1O. The van der Waals surface area contributed by atoms with Crippen LogP contribution in [0.25, 0.3) is 22.0 Å². The maximum Gasteiger partial charge on any atom is 0.116 e. The van der Waals surface area contributed by atoms with Crippen LogP contribution in [0.1, 0.15) is 24.5 Å². The summed E-state index contributed by atoms with van der Waals surface area (Å²) in [6.45, 7) is -0.350. The van der Waals surface area contributed by atoms with Crippen molar-refractivity contribution in [2.75, 3.05) is 6.61 Å². The fraction of sp³-hybridized carbons (Fsp3) is 0.348. The van der Waals surface area contributed by atoms with Crippen molar-refractivity contribution in [2.24, 2.45) is 4.99 Å². The van der Waals surface area contributed by atoms with Gasteiger partial charge in [-0.05, 0) is 29.7 Å². The summed E-state index contributed by atoms with van der Waals surface area (Å²) in [6, 6.07) is 14.3. The molecule has 2 aliphatic rings. The van der Waals surface area contributed by atoms with Gasteiger partial charge in [0.25, 0.3) is 0 Å². The fourth-order valence-electron chi connectivity index (χ4n) is 4.47. The minimum atomic E-state index is -1.13. The van der Waals surface area contributed by atoms with Gasteiger partial charge in [-0.3, -0.25) is 4.99 Å². The largest absolute Gasteiger partial charge is 0.394 e. The van der Waals surface area contributed by atoms with Gasteiger partial charge in [-0.15, -0.1) is 0 Å². The molecule has 7 nitrogen and oxygen atoms in total. The van der Waals surface area contributed by atoms with E-state index in [0.29, 0.717) is 24.2 Å². The predicted molar refractivity (Wildman–Crippen MR) is 113 cm³/mol. The first kappa shape index (κ1) is 19.3. The number of hydrogen-bond acceptors (Lipinski definition) is 7. The smallest absolute Gasteiger partial charge is 0.116 e. The Balaban J connectivity index is 1.59. The van der Waals surface area contributed by atoms with Crippen LogP contribution in [0.3, 0.4) is 0 Å². The normalized spacial score (nSPS) is 28.4. The standard InChI is InChI=1S/C23H23N3O4/c27-11-17-21(28)22(29)23(30-17)16-6-3-9-24-20-18(25-12-26-19(16)20)15-8-7-13-4-1-2-5-14(13)10-15/h1-2,4-5,7-10,12,16-17,21-23,27-29H,3,6,11H2/t16-,17+,21+,22+,23?/m0/s1. The number of nitrogens with zero attached hydrogens (tertiary/aromatic N) is 3. The van der Waals surface area contributed by atoms with E-state index in [0.717, 1.165) is 22.0 Å². The second-order valence-corrected chi connectivity index (χ2v) is 7.82. The van der Waals surface area contributed by atoms with Gasteiger partial charge in [0.05, 0.1) is 24.1 Å². The molecule has 2 aliphatic heterocycles. The summed E-state index contributed by atoms with van der Waals surface area (Å²) >= 11 is 0. The number of ether oxygens (including phenoxy) is 1. The average Bonchev–Trinajstić information content (AvgIpc) is 2.94. The molecular weight excluding hydrogens is 382 g/mol. The molecule has 3 aromatic rings. The molecule has 1 saturated heterocycles. The van der Waals surface area contributed by atoms with Crippen molar-refractivity contribution in [2.45, 2.75) is 43.2 Å². The first-order chi connectivity index (χ1) is 14.7. The first-order valence-corrected chi connectivity index (χ1v) is 10.2. The second-order valence-electron chi connectivity index (χ2n) is 7.82. The van der Waals surface area contributed by atoms with E-state index in [2.05, 4.69) is 39.2 Å². The summed E-state index contributed by atoms with van der Waals surface area (Å²) in [7, 11) is 0. The summed E-state index contributed by atoms with van der Waals surface area (Å²) in [5.41, 5.74) is 3.01. The van der Waals surface area contributed by atoms with Crippen molar-refractivity contribution >= 4 is 22.7 Å². The lowest BCUT2D eigenvalue weighted by atomic mass is 9.88. The van der Waals surface area contributed by atoms with Crippen molar-refractivity contribution in [1.82, 2.24) is 9.97 Å².